The molecule has 2 unspecified atom stereocenters. The van der Waals surface area contributed by atoms with Crippen LogP contribution in [0.15, 0.2) is 0 Å². The molecule has 0 aromatic rings. The monoisotopic (exact) mass is 202 g/mol. The molecule has 13 heavy (non-hydrogen) atoms. The molecule has 0 spiro atoms. The van der Waals surface area contributed by atoms with Gasteiger partial charge in [-0.3, -0.25) is 4.90 Å². The average molecular weight is 202 g/mol. The highest BCUT2D eigenvalue weighted by molar-refractivity contribution is 7.80. The number of rotatable bonds is 6. The van der Waals surface area contributed by atoms with Crippen LogP contribution in [0.5, 0.6) is 0 Å². The largest absolute Gasteiger partial charge is 0.393 e. The molecular weight excluding hydrogens is 180 g/mol. The quantitative estimate of drug-likeness (QED) is 0.669. The summed E-state index contributed by atoms with van der Waals surface area (Å²) in [6, 6.07) is 1.09. The van der Waals surface area contributed by atoms with Gasteiger partial charge >= 0.3 is 0 Å². The van der Waals surface area contributed by atoms with Crippen molar-refractivity contribution in [3.8, 4) is 0 Å². The van der Waals surface area contributed by atoms with Gasteiger partial charge in [-0.15, -0.1) is 0 Å². The maximum absolute atomic E-state index is 5.53. The Morgan fingerprint density at radius 2 is 1.85 bits per heavy atom. The minimum Gasteiger partial charge on any atom is -0.393 e. The molecule has 0 bridgehead atoms. The van der Waals surface area contributed by atoms with Crippen molar-refractivity contribution in [2.24, 2.45) is 5.73 Å². The fraction of sp³-hybridized carbons (Fsp3) is 0.900. The highest BCUT2D eigenvalue weighted by Crippen LogP contribution is 2.10. The van der Waals surface area contributed by atoms with Gasteiger partial charge < -0.3 is 5.73 Å². The van der Waals surface area contributed by atoms with E-state index in [1.54, 1.807) is 0 Å². The molecule has 0 amide bonds. The molecule has 0 aliphatic heterocycles. The molecular formula is C10H22N2S. The molecule has 0 aromatic carbocycles. The van der Waals surface area contributed by atoms with Gasteiger partial charge in [0.1, 0.15) is 0 Å². The summed E-state index contributed by atoms with van der Waals surface area (Å²) in [6.07, 6.45) is 2.00. The summed E-state index contributed by atoms with van der Waals surface area (Å²) in [5.41, 5.74) is 5.53. The van der Waals surface area contributed by atoms with Gasteiger partial charge in [0.15, 0.2) is 0 Å². The van der Waals surface area contributed by atoms with Gasteiger partial charge in [-0.05, 0) is 26.8 Å². The first-order valence-corrected chi connectivity index (χ1v) is 5.47. The maximum atomic E-state index is 5.53. The molecule has 2 N–H and O–H groups in total. The fourth-order valence-corrected chi connectivity index (χ4v) is 1.94. The Labute approximate surface area is 87.5 Å². The minimum absolute atomic E-state index is 0.470. The first-order chi connectivity index (χ1) is 6.02. The molecule has 0 fully saturated rings. The Morgan fingerprint density at radius 3 is 2.15 bits per heavy atom. The van der Waals surface area contributed by atoms with Crippen molar-refractivity contribution in [3.63, 3.8) is 0 Å². The van der Waals surface area contributed by atoms with Crippen LogP contribution >= 0.6 is 12.2 Å². The molecule has 0 saturated heterocycles. The fourth-order valence-electron chi connectivity index (χ4n) is 1.70. The molecule has 0 aliphatic rings. The number of thiocarbonyl (C=S) groups is 1. The molecule has 2 nitrogen and oxygen atoms in total. The Hall–Kier alpha value is -0.150. The van der Waals surface area contributed by atoms with E-state index in [-0.39, 0.29) is 0 Å². The molecule has 0 heterocycles. The molecule has 0 rings (SSSR count). The predicted molar refractivity (Wildman–Crippen MR) is 63.0 cm³/mol. The average Bonchev–Trinajstić information content (AvgIpc) is 2.03. The van der Waals surface area contributed by atoms with Gasteiger partial charge in [-0.1, -0.05) is 26.1 Å². The van der Waals surface area contributed by atoms with E-state index in [0.717, 1.165) is 13.0 Å². The molecule has 0 aromatic heterocycles. The van der Waals surface area contributed by atoms with Gasteiger partial charge in [-0.25, -0.2) is 0 Å². The van der Waals surface area contributed by atoms with Crippen molar-refractivity contribution in [3.05, 3.63) is 0 Å². The number of hydrogen-bond acceptors (Lipinski definition) is 2. The summed E-state index contributed by atoms with van der Waals surface area (Å²) in [5, 5.41) is 0. The lowest BCUT2D eigenvalue weighted by Crippen LogP contribution is -2.41. The van der Waals surface area contributed by atoms with Crippen LogP contribution in [0.1, 0.15) is 40.5 Å². The molecule has 0 aliphatic carbocycles. The number of hydrogen-bond donors (Lipinski definition) is 1. The van der Waals surface area contributed by atoms with Crippen molar-refractivity contribution in [1.82, 2.24) is 4.90 Å². The van der Waals surface area contributed by atoms with Crippen LogP contribution in [0, 0.1) is 0 Å². The Bertz CT molecular complexity index is 159. The van der Waals surface area contributed by atoms with Crippen LogP contribution in [-0.2, 0) is 0 Å². The number of nitrogens with two attached hydrogens (primary N) is 1. The van der Waals surface area contributed by atoms with E-state index >= 15 is 0 Å². The van der Waals surface area contributed by atoms with E-state index < -0.39 is 0 Å². The third-order valence-corrected chi connectivity index (χ3v) is 2.75. The zero-order chi connectivity index (χ0) is 10.4. The molecule has 2 atom stereocenters. The Balaban J connectivity index is 4.13. The van der Waals surface area contributed by atoms with Crippen molar-refractivity contribution in [2.45, 2.75) is 52.6 Å². The van der Waals surface area contributed by atoms with Gasteiger partial charge in [0.2, 0.25) is 0 Å². The van der Waals surface area contributed by atoms with Crippen LogP contribution in [0.3, 0.4) is 0 Å². The Kier molecular flexibility index (Phi) is 6.25. The second kappa shape index (κ2) is 6.33. The van der Waals surface area contributed by atoms with Gasteiger partial charge in [-0.2, -0.15) is 0 Å². The summed E-state index contributed by atoms with van der Waals surface area (Å²) >= 11 is 4.91. The van der Waals surface area contributed by atoms with Crippen LogP contribution < -0.4 is 5.73 Å². The van der Waals surface area contributed by atoms with E-state index in [4.69, 9.17) is 18.0 Å². The lowest BCUT2D eigenvalue weighted by molar-refractivity contribution is 0.162. The van der Waals surface area contributed by atoms with Crippen molar-refractivity contribution in [1.29, 1.82) is 0 Å². The topological polar surface area (TPSA) is 29.3 Å². The zero-order valence-electron chi connectivity index (χ0n) is 9.21. The van der Waals surface area contributed by atoms with E-state index in [1.807, 2.05) is 0 Å². The standard InChI is InChI=1S/C10H22N2S/c1-5-8(3)12(6-2)9(4)7-10(11)13/h8-9H,5-7H2,1-4H3,(H2,11,13). The maximum Gasteiger partial charge on any atom is 0.0742 e. The van der Waals surface area contributed by atoms with Crippen LogP contribution in [0.25, 0.3) is 0 Å². The van der Waals surface area contributed by atoms with Crippen LogP contribution in [0.4, 0.5) is 0 Å². The first kappa shape index (κ1) is 12.8. The summed E-state index contributed by atoms with van der Waals surface area (Å²) in [6.45, 7) is 9.90. The van der Waals surface area contributed by atoms with Crippen molar-refractivity contribution >= 4 is 17.2 Å². The lowest BCUT2D eigenvalue weighted by Gasteiger charge is -2.32. The predicted octanol–water partition coefficient (Wildman–Crippen LogP) is 2.17. The SMILES string of the molecule is CCC(C)N(CC)C(C)CC(N)=S. The number of nitrogens with zero attached hydrogens (tertiary/aromatic N) is 1. The first-order valence-electron chi connectivity index (χ1n) is 5.06. The second-order valence-corrected chi connectivity index (χ2v) is 4.13. The van der Waals surface area contributed by atoms with Crippen LogP contribution in [0.2, 0.25) is 0 Å². The molecule has 0 radical (unpaired) electrons. The summed E-state index contributed by atoms with van der Waals surface area (Å²) in [4.78, 5) is 3.06. The lowest BCUT2D eigenvalue weighted by atomic mass is 10.1. The van der Waals surface area contributed by atoms with Crippen molar-refractivity contribution in [2.75, 3.05) is 6.54 Å². The second-order valence-electron chi connectivity index (χ2n) is 3.61. The van der Waals surface area contributed by atoms with E-state index in [2.05, 4.69) is 32.6 Å². The van der Waals surface area contributed by atoms with Gasteiger partial charge in [0.25, 0.3) is 0 Å². The molecule has 78 valence electrons. The minimum atomic E-state index is 0.470. The third kappa shape index (κ3) is 4.58. The van der Waals surface area contributed by atoms with E-state index in [1.165, 1.54) is 6.42 Å². The summed E-state index contributed by atoms with van der Waals surface area (Å²) in [7, 11) is 0. The Morgan fingerprint density at radius 1 is 1.31 bits per heavy atom. The van der Waals surface area contributed by atoms with E-state index in [0.29, 0.717) is 17.1 Å². The molecule has 0 saturated carbocycles. The van der Waals surface area contributed by atoms with Crippen LogP contribution in [-0.4, -0.2) is 28.5 Å². The van der Waals surface area contributed by atoms with Gasteiger partial charge in [0.05, 0.1) is 4.99 Å². The smallest absolute Gasteiger partial charge is 0.0742 e. The summed E-state index contributed by atoms with van der Waals surface area (Å²) < 4.78 is 0. The highest BCUT2D eigenvalue weighted by Gasteiger charge is 2.17. The molecule has 3 heteroatoms. The van der Waals surface area contributed by atoms with Crippen molar-refractivity contribution < 1.29 is 0 Å². The highest BCUT2D eigenvalue weighted by atomic mass is 32.1. The van der Waals surface area contributed by atoms with Gasteiger partial charge in [0, 0.05) is 18.5 Å². The van der Waals surface area contributed by atoms with E-state index in [9.17, 15) is 0 Å². The zero-order valence-corrected chi connectivity index (χ0v) is 10.0. The third-order valence-electron chi connectivity index (χ3n) is 2.58. The normalized spacial score (nSPS) is 15.8. The summed E-state index contributed by atoms with van der Waals surface area (Å²) in [5.74, 6) is 0.